The first kappa shape index (κ1) is 25.4. The standard InChI is InChI=1S/C31H33NO4/c1-35-30(33)28(31(34)36-2)24-18-20-27(21-19-24)32(22-23-12-6-3-7-13-23)29(25-14-8-4-9-15-25)26-16-10-5-11-17-26/h3-18,20,24,27-29H,19,21-22H2,1-2H3/t24-,27+/m1/s1. The zero-order valence-corrected chi connectivity index (χ0v) is 20.8. The fourth-order valence-corrected chi connectivity index (χ4v) is 5.12. The van der Waals surface area contributed by atoms with Gasteiger partial charge in [-0.05, 0) is 29.5 Å². The van der Waals surface area contributed by atoms with E-state index >= 15 is 0 Å². The van der Waals surface area contributed by atoms with E-state index in [0.717, 1.165) is 13.0 Å². The third-order valence-electron chi connectivity index (χ3n) is 6.91. The van der Waals surface area contributed by atoms with E-state index in [1.165, 1.54) is 30.9 Å². The van der Waals surface area contributed by atoms with E-state index in [1.807, 2.05) is 24.3 Å². The summed E-state index contributed by atoms with van der Waals surface area (Å²) in [6.45, 7) is 0.756. The van der Waals surface area contributed by atoms with Gasteiger partial charge in [-0.25, -0.2) is 0 Å². The molecule has 0 saturated heterocycles. The molecule has 0 spiro atoms. The Hall–Kier alpha value is -3.70. The highest BCUT2D eigenvalue weighted by Crippen LogP contribution is 2.36. The number of hydrogen-bond acceptors (Lipinski definition) is 5. The van der Waals surface area contributed by atoms with Crippen LogP contribution in [0.2, 0.25) is 0 Å². The number of carbonyl (C=O) groups excluding carboxylic acids is 2. The van der Waals surface area contributed by atoms with Gasteiger partial charge in [0.2, 0.25) is 0 Å². The highest BCUT2D eigenvalue weighted by Gasteiger charge is 2.38. The zero-order chi connectivity index (χ0) is 25.3. The van der Waals surface area contributed by atoms with Gasteiger partial charge in [-0.1, -0.05) is 103 Å². The van der Waals surface area contributed by atoms with Gasteiger partial charge in [0.1, 0.15) is 0 Å². The van der Waals surface area contributed by atoms with Gasteiger partial charge in [-0.3, -0.25) is 14.5 Å². The summed E-state index contributed by atoms with van der Waals surface area (Å²) in [5.41, 5.74) is 3.67. The van der Waals surface area contributed by atoms with Crippen molar-refractivity contribution in [1.29, 1.82) is 0 Å². The maximum atomic E-state index is 12.4. The van der Waals surface area contributed by atoms with Crippen molar-refractivity contribution in [1.82, 2.24) is 4.90 Å². The van der Waals surface area contributed by atoms with Crippen molar-refractivity contribution in [3.8, 4) is 0 Å². The number of methoxy groups -OCH3 is 2. The molecule has 186 valence electrons. The molecule has 3 aromatic rings. The van der Waals surface area contributed by atoms with Crippen molar-refractivity contribution >= 4 is 11.9 Å². The second-order valence-electron chi connectivity index (χ2n) is 9.10. The van der Waals surface area contributed by atoms with E-state index in [2.05, 4.69) is 83.8 Å². The average molecular weight is 484 g/mol. The number of ether oxygens (including phenoxy) is 2. The SMILES string of the molecule is COC(=O)C(C(=O)OC)[C@@H]1C=C[C@H](N(Cc2ccccc2)C(c2ccccc2)c2ccccc2)CC1. The number of hydrogen-bond donors (Lipinski definition) is 0. The van der Waals surface area contributed by atoms with Crippen LogP contribution in [0.3, 0.4) is 0 Å². The van der Waals surface area contributed by atoms with Crippen LogP contribution in [0.15, 0.2) is 103 Å². The zero-order valence-electron chi connectivity index (χ0n) is 20.8. The molecule has 0 N–H and O–H groups in total. The summed E-state index contributed by atoms with van der Waals surface area (Å²) in [5.74, 6) is -2.31. The van der Waals surface area contributed by atoms with Gasteiger partial charge in [0.25, 0.3) is 0 Å². The molecule has 0 radical (unpaired) electrons. The lowest BCUT2D eigenvalue weighted by Gasteiger charge is -2.40. The van der Waals surface area contributed by atoms with E-state index in [4.69, 9.17) is 9.47 Å². The highest BCUT2D eigenvalue weighted by atomic mass is 16.5. The molecule has 0 heterocycles. The molecular formula is C31H33NO4. The Morgan fingerprint density at radius 3 is 1.69 bits per heavy atom. The average Bonchev–Trinajstić information content (AvgIpc) is 2.94. The van der Waals surface area contributed by atoms with Gasteiger partial charge < -0.3 is 9.47 Å². The third kappa shape index (κ3) is 5.92. The van der Waals surface area contributed by atoms with E-state index in [-0.39, 0.29) is 18.0 Å². The first-order valence-electron chi connectivity index (χ1n) is 12.4. The molecule has 0 unspecified atom stereocenters. The lowest BCUT2D eigenvalue weighted by atomic mass is 9.81. The Kier molecular flexibility index (Phi) is 8.69. The second kappa shape index (κ2) is 12.3. The number of nitrogens with zero attached hydrogens (tertiary/aromatic N) is 1. The quantitative estimate of drug-likeness (QED) is 0.226. The van der Waals surface area contributed by atoms with Crippen LogP contribution in [0.1, 0.15) is 35.6 Å². The van der Waals surface area contributed by atoms with Gasteiger partial charge in [0.15, 0.2) is 5.92 Å². The fraction of sp³-hybridized carbons (Fsp3) is 0.290. The number of benzene rings is 3. The Balaban J connectivity index is 1.71. The summed E-state index contributed by atoms with van der Waals surface area (Å²) < 4.78 is 9.82. The lowest BCUT2D eigenvalue weighted by Crippen LogP contribution is -2.41. The van der Waals surface area contributed by atoms with Crippen LogP contribution in [-0.2, 0) is 25.6 Å². The first-order chi connectivity index (χ1) is 17.6. The summed E-state index contributed by atoms with van der Waals surface area (Å²) >= 11 is 0. The molecular weight excluding hydrogens is 450 g/mol. The monoisotopic (exact) mass is 483 g/mol. The molecule has 1 aliphatic carbocycles. The maximum absolute atomic E-state index is 12.4. The summed E-state index contributed by atoms with van der Waals surface area (Å²) in [6, 6.07) is 31.7. The largest absolute Gasteiger partial charge is 0.468 e. The van der Waals surface area contributed by atoms with E-state index in [9.17, 15) is 9.59 Å². The van der Waals surface area contributed by atoms with Gasteiger partial charge in [0, 0.05) is 18.5 Å². The van der Waals surface area contributed by atoms with Gasteiger partial charge in [-0.15, -0.1) is 0 Å². The summed E-state index contributed by atoms with van der Waals surface area (Å²) in [6.07, 6.45) is 5.62. The van der Waals surface area contributed by atoms with Gasteiger partial charge in [0.05, 0.1) is 20.3 Å². The molecule has 2 atom stereocenters. The maximum Gasteiger partial charge on any atom is 0.320 e. The molecule has 0 saturated carbocycles. The molecule has 1 aliphatic rings. The minimum atomic E-state index is -0.946. The Morgan fingerprint density at radius 1 is 0.750 bits per heavy atom. The minimum absolute atomic E-state index is 0.0378. The smallest absolute Gasteiger partial charge is 0.320 e. The summed E-state index contributed by atoms with van der Waals surface area (Å²) in [5, 5.41) is 0. The molecule has 0 amide bonds. The summed E-state index contributed by atoms with van der Waals surface area (Å²) in [7, 11) is 2.61. The molecule has 0 aromatic heterocycles. The first-order valence-corrected chi connectivity index (χ1v) is 12.4. The number of rotatable bonds is 9. The van der Waals surface area contributed by atoms with Crippen molar-refractivity contribution in [2.24, 2.45) is 11.8 Å². The number of esters is 2. The third-order valence-corrected chi connectivity index (χ3v) is 6.91. The second-order valence-corrected chi connectivity index (χ2v) is 9.10. The molecule has 36 heavy (non-hydrogen) atoms. The molecule has 3 aromatic carbocycles. The van der Waals surface area contributed by atoms with Gasteiger partial charge in [-0.2, -0.15) is 0 Å². The Bertz CT molecular complexity index is 1090. The van der Waals surface area contributed by atoms with Crippen LogP contribution in [0.25, 0.3) is 0 Å². The predicted molar refractivity (Wildman–Crippen MR) is 140 cm³/mol. The van der Waals surface area contributed by atoms with Crippen LogP contribution < -0.4 is 0 Å². The molecule has 5 heteroatoms. The normalized spacial score (nSPS) is 17.4. The molecule has 0 bridgehead atoms. The van der Waals surface area contributed by atoms with E-state index < -0.39 is 17.9 Å². The van der Waals surface area contributed by atoms with Crippen molar-refractivity contribution in [3.63, 3.8) is 0 Å². The molecule has 5 nitrogen and oxygen atoms in total. The van der Waals surface area contributed by atoms with Crippen molar-refractivity contribution < 1.29 is 19.1 Å². The Morgan fingerprint density at radius 2 is 1.25 bits per heavy atom. The highest BCUT2D eigenvalue weighted by molar-refractivity contribution is 5.95. The van der Waals surface area contributed by atoms with Crippen LogP contribution >= 0.6 is 0 Å². The lowest BCUT2D eigenvalue weighted by molar-refractivity contribution is -0.161. The van der Waals surface area contributed by atoms with Crippen LogP contribution in [0.4, 0.5) is 0 Å². The number of allylic oxidation sites excluding steroid dienone is 1. The van der Waals surface area contributed by atoms with Crippen LogP contribution in [-0.4, -0.2) is 37.1 Å². The number of carbonyl (C=O) groups is 2. The van der Waals surface area contributed by atoms with Crippen molar-refractivity contribution in [2.45, 2.75) is 31.5 Å². The van der Waals surface area contributed by atoms with Crippen LogP contribution in [0, 0.1) is 11.8 Å². The van der Waals surface area contributed by atoms with E-state index in [1.54, 1.807) is 0 Å². The molecule has 0 fully saturated rings. The summed E-state index contributed by atoms with van der Waals surface area (Å²) in [4.78, 5) is 27.3. The topological polar surface area (TPSA) is 55.8 Å². The Labute approximate surface area is 213 Å². The van der Waals surface area contributed by atoms with E-state index in [0.29, 0.717) is 6.42 Å². The van der Waals surface area contributed by atoms with Gasteiger partial charge >= 0.3 is 11.9 Å². The fourth-order valence-electron chi connectivity index (χ4n) is 5.12. The molecule has 4 rings (SSSR count). The van der Waals surface area contributed by atoms with Crippen molar-refractivity contribution in [3.05, 3.63) is 120 Å². The minimum Gasteiger partial charge on any atom is -0.468 e. The van der Waals surface area contributed by atoms with Crippen molar-refractivity contribution in [2.75, 3.05) is 14.2 Å². The predicted octanol–water partition coefficient (Wildman–Crippen LogP) is 5.58. The molecule has 0 aliphatic heterocycles. The van der Waals surface area contributed by atoms with Crippen LogP contribution in [0.5, 0.6) is 0 Å².